The lowest BCUT2D eigenvalue weighted by Gasteiger charge is -2.31. The average molecular weight is 420 g/mol. The van der Waals surface area contributed by atoms with Crippen molar-refractivity contribution >= 4 is 27.3 Å². The van der Waals surface area contributed by atoms with Crippen LogP contribution >= 0.6 is 11.3 Å². The first-order valence-corrected chi connectivity index (χ1v) is 10.7. The Morgan fingerprint density at radius 1 is 1.30 bits per heavy atom. The third-order valence-corrected chi connectivity index (χ3v) is 6.19. The maximum Gasteiger partial charge on any atom is 0.257 e. The van der Waals surface area contributed by atoms with E-state index in [0.29, 0.717) is 43.5 Å². The van der Waals surface area contributed by atoms with Crippen LogP contribution in [0.15, 0.2) is 52.5 Å². The molecule has 3 aromatic heterocycles. The molecule has 1 aliphatic heterocycles. The van der Waals surface area contributed by atoms with Gasteiger partial charge in [0.1, 0.15) is 5.69 Å². The second-order valence-corrected chi connectivity index (χ2v) is 8.22. The molecular weight excluding hydrogens is 400 g/mol. The van der Waals surface area contributed by atoms with E-state index in [4.69, 9.17) is 9.26 Å². The monoisotopic (exact) mass is 420 g/mol. The fraction of sp³-hybridized carbons (Fsp3) is 0.273. The number of rotatable bonds is 4. The van der Waals surface area contributed by atoms with Crippen molar-refractivity contribution in [1.29, 1.82) is 0 Å². The number of fused-ring (bicyclic) bond motifs is 1. The van der Waals surface area contributed by atoms with Crippen LogP contribution in [0.25, 0.3) is 21.6 Å². The number of carbonyl (C=O) groups excluding carboxylic acids is 1. The summed E-state index contributed by atoms with van der Waals surface area (Å²) in [6.07, 6.45) is 1.62. The number of aromatic nitrogens is 3. The minimum Gasteiger partial charge on any atom is -0.365 e. The average Bonchev–Trinajstić information content (AvgIpc) is 3.42. The van der Waals surface area contributed by atoms with Gasteiger partial charge in [0.05, 0.1) is 19.6 Å². The molecule has 1 atom stereocenters. The molecule has 1 aromatic carbocycles. The zero-order chi connectivity index (χ0) is 20.5. The van der Waals surface area contributed by atoms with E-state index in [2.05, 4.69) is 45.6 Å². The van der Waals surface area contributed by atoms with Crippen LogP contribution in [0.5, 0.6) is 0 Å². The Labute approximate surface area is 177 Å². The summed E-state index contributed by atoms with van der Waals surface area (Å²) in [6, 6.07) is 11.9. The predicted molar refractivity (Wildman–Crippen MR) is 113 cm³/mol. The van der Waals surface area contributed by atoms with E-state index < -0.39 is 6.10 Å². The summed E-state index contributed by atoms with van der Waals surface area (Å²) in [4.78, 5) is 23.5. The Morgan fingerprint density at radius 2 is 2.23 bits per heavy atom. The summed E-state index contributed by atoms with van der Waals surface area (Å²) >= 11 is 1.67. The topological polar surface area (TPSA) is 81.4 Å². The minimum absolute atomic E-state index is 0.0778. The van der Waals surface area contributed by atoms with Crippen LogP contribution in [-0.4, -0.2) is 45.6 Å². The second-order valence-electron chi connectivity index (χ2n) is 7.31. The van der Waals surface area contributed by atoms with Crippen molar-refractivity contribution in [2.24, 2.45) is 0 Å². The molecule has 0 radical (unpaired) electrons. The lowest BCUT2D eigenvalue weighted by molar-refractivity contribution is -0.139. The van der Waals surface area contributed by atoms with Gasteiger partial charge in [0.15, 0.2) is 6.10 Å². The number of ether oxygens (including phenoxy) is 1. The molecule has 0 spiro atoms. The summed E-state index contributed by atoms with van der Waals surface area (Å²) in [5.41, 5.74) is 2.90. The first-order valence-electron chi connectivity index (χ1n) is 9.78. The molecule has 1 aliphatic rings. The smallest absolute Gasteiger partial charge is 0.257 e. The summed E-state index contributed by atoms with van der Waals surface area (Å²) < 4.78 is 12.4. The quantitative estimate of drug-likeness (QED) is 0.500. The molecular formula is C22H20N4O3S. The number of morpholine rings is 1. The van der Waals surface area contributed by atoms with Crippen LogP contribution in [0.4, 0.5) is 0 Å². The minimum atomic E-state index is -0.436. The van der Waals surface area contributed by atoms with Gasteiger partial charge in [0.25, 0.3) is 5.89 Å². The number of nitrogens with zero attached hydrogens (tertiary/aromatic N) is 4. The van der Waals surface area contributed by atoms with Crippen molar-refractivity contribution in [1.82, 2.24) is 20.0 Å². The number of aryl methyl sites for hydroxylation is 1. The molecule has 0 aliphatic carbocycles. The Hall–Kier alpha value is -3.10. The van der Waals surface area contributed by atoms with Gasteiger partial charge in [-0.1, -0.05) is 28.9 Å². The molecule has 30 heavy (non-hydrogen) atoms. The Balaban J connectivity index is 1.30. The first-order chi connectivity index (χ1) is 14.7. The Kier molecular flexibility index (Phi) is 5.02. The maximum absolute atomic E-state index is 13.0. The van der Waals surface area contributed by atoms with Gasteiger partial charge >= 0.3 is 0 Å². The van der Waals surface area contributed by atoms with Gasteiger partial charge in [0.2, 0.25) is 11.7 Å². The van der Waals surface area contributed by atoms with Gasteiger partial charge in [0, 0.05) is 17.4 Å². The molecule has 8 heteroatoms. The third-order valence-electron chi connectivity index (χ3n) is 5.18. The molecule has 1 fully saturated rings. The zero-order valence-electron chi connectivity index (χ0n) is 16.4. The van der Waals surface area contributed by atoms with Crippen LogP contribution in [0.2, 0.25) is 0 Å². The van der Waals surface area contributed by atoms with Gasteiger partial charge in [-0.05, 0) is 41.5 Å². The maximum atomic E-state index is 13.0. The van der Waals surface area contributed by atoms with Crippen LogP contribution < -0.4 is 0 Å². The molecule has 1 amide bonds. The van der Waals surface area contributed by atoms with Crippen molar-refractivity contribution in [3.63, 3.8) is 0 Å². The van der Waals surface area contributed by atoms with E-state index in [-0.39, 0.29) is 5.91 Å². The summed E-state index contributed by atoms with van der Waals surface area (Å²) in [6.45, 7) is 3.45. The normalized spacial score (nSPS) is 16.8. The van der Waals surface area contributed by atoms with Crippen LogP contribution in [0.1, 0.15) is 23.1 Å². The fourth-order valence-corrected chi connectivity index (χ4v) is 4.54. The molecule has 5 rings (SSSR count). The van der Waals surface area contributed by atoms with Gasteiger partial charge in [-0.2, -0.15) is 4.98 Å². The van der Waals surface area contributed by atoms with E-state index in [9.17, 15) is 4.79 Å². The standard InChI is InChI=1S/C22H20N4O3S/c1-14-5-6-19-16(10-14)15(13-30-19)11-20(27)26-8-9-28-18(12-26)22-24-21(25-29-22)17-4-2-3-7-23-17/h2-7,10,13,18H,8-9,11-12H2,1H3/t18-/m0/s1. The van der Waals surface area contributed by atoms with Crippen molar-refractivity contribution in [3.8, 4) is 11.5 Å². The highest BCUT2D eigenvalue weighted by Crippen LogP contribution is 2.29. The number of carbonyl (C=O) groups is 1. The van der Waals surface area contributed by atoms with Crippen LogP contribution in [0.3, 0.4) is 0 Å². The highest BCUT2D eigenvalue weighted by Gasteiger charge is 2.30. The van der Waals surface area contributed by atoms with Gasteiger partial charge < -0.3 is 14.2 Å². The first kappa shape index (κ1) is 18.9. The van der Waals surface area contributed by atoms with E-state index in [0.717, 1.165) is 10.9 Å². The molecule has 4 heterocycles. The molecule has 4 aromatic rings. The molecule has 0 N–H and O–H groups in total. The van der Waals surface area contributed by atoms with Gasteiger partial charge in [-0.3, -0.25) is 9.78 Å². The lowest BCUT2D eigenvalue weighted by Crippen LogP contribution is -2.43. The van der Waals surface area contributed by atoms with Crippen molar-refractivity contribution < 1.29 is 14.1 Å². The number of benzene rings is 1. The van der Waals surface area contributed by atoms with Crippen LogP contribution in [-0.2, 0) is 16.0 Å². The largest absolute Gasteiger partial charge is 0.365 e. The number of amides is 1. The van der Waals surface area contributed by atoms with Crippen molar-refractivity contribution in [2.75, 3.05) is 19.7 Å². The predicted octanol–water partition coefficient (Wildman–Crippen LogP) is 3.80. The molecule has 0 bridgehead atoms. The van der Waals surface area contributed by atoms with Gasteiger partial charge in [-0.25, -0.2) is 0 Å². The second kappa shape index (κ2) is 7.97. The SMILES string of the molecule is Cc1ccc2scc(CC(=O)N3CCO[C@H](c4nc(-c5ccccn5)no4)C3)c2c1. The number of hydrogen-bond acceptors (Lipinski definition) is 7. The van der Waals surface area contributed by atoms with Crippen LogP contribution in [0, 0.1) is 6.92 Å². The van der Waals surface area contributed by atoms with E-state index in [1.54, 1.807) is 17.5 Å². The number of pyridine rings is 1. The summed E-state index contributed by atoms with van der Waals surface area (Å²) in [5, 5.41) is 7.25. The summed E-state index contributed by atoms with van der Waals surface area (Å²) in [7, 11) is 0. The Morgan fingerprint density at radius 3 is 3.10 bits per heavy atom. The summed E-state index contributed by atoms with van der Waals surface area (Å²) in [5.74, 6) is 0.858. The van der Waals surface area contributed by atoms with E-state index >= 15 is 0 Å². The lowest BCUT2D eigenvalue weighted by atomic mass is 10.1. The van der Waals surface area contributed by atoms with E-state index in [1.807, 2.05) is 23.1 Å². The molecule has 1 saturated heterocycles. The number of thiophene rings is 1. The molecule has 0 saturated carbocycles. The molecule has 7 nitrogen and oxygen atoms in total. The number of hydrogen-bond donors (Lipinski definition) is 0. The molecule has 0 unspecified atom stereocenters. The third kappa shape index (κ3) is 3.71. The van der Waals surface area contributed by atoms with Crippen molar-refractivity contribution in [3.05, 3.63) is 65.0 Å². The zero-order valence-corrected chi connectivity index (χ0v) is 17.3. The van der Waals surface area contributed by atoms with Gasteiger partial charge in [-0.15, -0.1) is 11.3 Å². The van der Waals surface area contributed by atoms with Crippen molar-refractivity contribution in [2.45, 2.75) is 19.4 Å². The van der Waals surface area contributed by atoms with E-state index in [1.165, 1.54) is 10.3 Å². The highest BCUT2D eigenvalue weighted by molar-refractivity contribution is 7.17. The molecule has 152 valence electrons. The Bertz CT molecular complexity index is 1190. The fourth-order valence-electron chi connectivity index (χ4n) is 3.60. The highest BCUT2D eigenvalue weighted by atomic mass is 32.1.